The molecule has 5 nitrogen and oxygen atoms in total. The molecule has 0 saturated heterocycles. The average Bonchev–Trinajstić information content (AvgIpc) is 2.52. The number of hydrogen-bond acceptors (Lipinski definition) is 4. The molecule has 0 spiro atoms. The number of nitrogens with one attached hydrogen (secondary N) is 1. The third-order valence-electron chi connectivity index (χ3n) is 3.56. The van der Waals surface area contributed by atoms with Gasteiger partial charge in [-0.25, -0.2) is 4.79 Å². The van der Waals surface area contributed by atoms with E-state index < -0.39 is 17.9 Å². The number of Topliss-reactive ketones (excluding diaryl/α,β-unsaturated/α-hetero) is 1. The fourth-order valence-electron chi connectivity index (χ4n) is 2.43. The molecule has 0 radical (unpaired) electrons. The lowest BCUT2D eigenvalue weighted by atomic mass is 9.96. The summed E-state index contributed by atoms with van der Waals surface area (Å²) in [6, 6.07) is 9.49. The maximum atomic E-state index is 12.6. The van der Waals surface area contributed by atoms with Crippen molar-refractivity contribution in [1.29, 1.82) is 0 Å². The maximum absolute atomic E-state index is 12.6. The first kappa shape index (κ1) is 17.0. The van der Waals surface area contributed by atoms with E-state index in [0.29, 0.717) is 11.1 Å². The van der Waals surface area contributed by atoms with E-state index in [0.717, 1.165) is 5.39 Å². The summed E-state index contributed by atoms with van der Waals surface area (Å²) in [5.41, 5.74) is 0.484. The molecule has 0 aliphatic heterocycles. The number of carbonyl (C=O) groups excluding carboxylic acids is 2. The van der Waals surface area contributed by atoms with Gasteiger partial charge in [0, 0.05) is 5.56 Å². The molecule has 23 heavy (non-hydrogen) atoms. The summed E-state index contributed by atoms with van der Waals surface area (Å²) < 4.78 is 0. The first-order chi connectivity index (χ1) is 11.0. The molecule has 0 aliphatic rings. The van der Waals surface area contributed by atoms with Crippen molar-refractivity contribution < 1.29 is 19.5 Å². The highest BCUT2D eigenvalue weighted by Gasteiger charge is 2.23. The van der Waals surface area contributed by atoms with Crippen molar-refractivity contribution in [3.63, 3.8) is 0 Å². The van der Waals surface area contributed by atoms with Gasteiger partial charge in [0.05, 0.1) is 5.56 Å². The number of rotatable bonds is 6. The normalized spacial score (nSPS) is 11.9. The Bertz CT molecular complexity index is 772. The zero-order valence-electron chi connectivity index (χ0n) is 12.6. The van der Waals surface area contributed by atoms with Crippen LogP contribution in [0.4, 0.5) is 0 Å². The Morgan fingerprint density at radius 3 is 2.48 bits per heavy atom. The number of carboxylic acids is 1. The number of benzene rings is 2. The van der Waals surface area contributed by atoms with Gasteiger partial charge in [-0.3, -0.25) is 9.59 Å². The SMILES string of the molecule is CC(=O)c1ccc2ccccc2c1C(=O)N[C@@H](CCS)C(=O)O. The molecule has 2 aromatic rings. The molecule has 0 aromatic heterocycles. The lowest BCUT2D eigenvalue weighted by molar-refractivity contribution is -0.139. The zero-order chi connectivity index (χ0) is 17.0. The molecule has 0 fully saturated rings. The van der Waals surface area contributed by atoms with Gasteiger partial charge in [0.1, 0.15) is 6.04 Å². The number of carbonyl (C=O) groups is 3. The fraction of sp³-hybridized carbons (Fsp3) is 0.235. The molecule has 120 valence electrons. The van der Waals surface area contributed by atoms with E-state index in [1.165, 1.54) is 6.92 Å². The largest absolute Gasteiger partial charge is 0.480 e. The standard InChI is InChI=1S/C17H17NO4S/c1-10(19)12-7-6-11-4-2-3-5-13(11)15(12)16(20)18-14(8-9-23)17(21)22/h2-7,14,23H,8-9H2,1H3,(H,18,20)(H,21,22)/t14-/m0/s1. The zero-order valence-corrected chi connectivity index (χ0v) is 13.5. The summed E-state index contributed by atoms with van der Waals surface area (Å²) in [6.07, 6.45) is 0.199. The molecule has 2 N–H and O–H groups in total. The maximum Gasteiger partial charge on any atom is 0.326 e. The summed E-state index contributed by atoms with van der Waals surface area (Å²) in [6.45, 7) is 1.38. The van der Waals surface area contributed by atoms with Crippen molar-refractivity contribution in [2.24, 2.45) is 0 Å². The second-order valence-electron chi connectivity index (χ2n) is 5.14. The van der Waals surface area contributed by atoms with Crippen molar-refractivity contribution in [1.82, 2.24) is 5.32 Å². The van der Waals surface area contributed by atoms with E-state index in [4.69, 9.17) is 0 Å². The Balaban J connectivity index is 2.51. The molecule has 0 bridgehead atoms. The van der Waals surface area contributed by atoms with Crippen LogP contribution in [-0.4, -0.2) is 34.6 Å². The Morgan fingerprint density at radius 2 is 1.87 bits per heavy atom. The third kappa shape index (κ3) is 3.71. The van der Waals surface area contributed by atoms with Crippen LogP contribution in [0.1, 0.15) is 34.1 Å². The molecule has 6 heteroatoms. The number of amides is 1. The lowest BCUT2D eigenvalue weighted by Crippen LogP contribution is -2.41. The Hall–Kier alpha value is -2.34. The topological polar surface area (TPSA) is 83.5 Å². The minimum atomic E-state index is -1.13. The molecule has 0 heterocycles. The highest BCUT2D eigenvalue weighted by atomic mass is 32.1. The Morgan fingerprint density at radius 1 is 1.17 bits per heavy atom. The van der Waals surface area contributed by atoms with Crippen LogP contribution in [0.15, 0.2) is 36.4 Å². The average molecular weight is 331 g/mol. The van der Waals surface area contributed by atoms with Crippen LogP contribution in [0.25, 0.3) is 10.8 Å². The van der Waals surface area contributed by atoms with Crippen molar-refractivity contribution in [2.75, 3.05) is 5.75 Å². The summed E-state index contributed by atoms with van der Waals surface area (Å²) in [5, 5.41) is 13.1. The highest BCUT2D eigenvalue weighted by molar-refractivity contribution is 7.80. The number of carboxylic acid groups (broad SMARTS) is 1. The highest BCUT2D eigenvalue weighted by Crippen LogP contribution is 2.23. The van der Waals surface area contributed by atoms with Crippen LogP contribution in [0.2, 0.25) is 0 Å². The second-order valence-corrected chi connectivity index (χ2v) is 5.59. The van der Waals surface area contributed by atoms with Gasteiger partial charge in [0.2, 0.25) is 0 Å². The summed E-state index contributed by atoms with van der Waals surface area (Å²) in [7, 11) is 0. The number of ketones is 1. The summed E-state index contributed by atoms with van der Waals surface area (Å²) in [5.74, 6) is -1.62. The van der Waals surface area contributed by atoms with Gasteiger partial charge >= 0.3 is 5.97 Å². The first-order valence-electron chi connectivity index (χ1n) is 7.13. The molecular weight excluding hydrogens is 314 g/mol. The van der Waals surface area contributed by atoms with E-state index in [1.54, 1.807) is 24.3 Å². The van der Waals surface area contributed by atoms with Gasteiger partial charge in [-0.15, -0.1) is 0 Å². The van der Waals surface area contributed by atoms with Crippen molar-refractivity contribution >= 4 is 41.1 Å². The number of hydrogen-bond donors (Lipinski definition) is 3. The van der Waals surface area contributed by atoms with E-state index in [9.17, 15) is 19.5 Å². The monoisotopic (exact) mass is 331 g/mol. The van der Waals surface area contributed by atoms with E-state index in [2.05, 4.69) is 17.9 Å². The van der Waals surface area contributed by atoms with Crippen LogP contribution >= 0.6 is 12.6 Å². The molecule has 0 unspecified atom stereocenters. The lowest BCUT2D eigenvalue weighted by Gasteiger charge is -2.16. The first-order valence-corrected chi connectivity index (χ1v) is 7.76. The third-order valence-corrected chi connectivity index (χ3v) is 3.81. The molecule has 2 rings (SSSR count). The van der Waals surface area contributed by atoms with E-state index in [1.807, 2.05) is 12.1 Å². The predicted octanol–water partition coefficient (Wildman–Crippen LogP) is 2.55. The second kappa shape index (κ2) is 7.28. The van der Waals surface area contributed by atoms with Gasteiger partial charge in [0.15, 0.2) is 5.78 Å². The van der Waals surface area contributed by atoms with Crippen molar-refractivity contribution in [3.8, 4) is 0 Å². The molecule has 2 aromatic carbocycles. The molecule has 1 amide bonds. The van der Waals surface area contributed by atoms with Crippen molar-refractivity contribution in [2.45, 2.75) is 19.4 Å². The summed E-state index contributed by atoms with van der Waals surface area (Å²) >= 11 is 4.01. The van der Waals surface area contributed by atoms with E-state index >= 15 is 0 Å². The van der Waals surface area contributed by atoms with Crippen molar-refractivity contribution in [3.05, 3.63) is 47.5 Å². The van der Waals surface area contributed by atoms with Crippen LogP contribution in [0, 0.1) is 0 Å². The fourth-order valence-corrected chi connectivity index (χ4v) is 2.68. The van der Waals surface area contributed by atoms with Gasteiger partial charge in [-0.05, 0) is 35.9 Å². The van der Waals surface area contributed by atoms with Gasteiger partial charge in [-0.2, -0.15) is 12.6 Å². The molecule has 0 aliphatic carbocycles. The summed E-state index contributed by atoms with van der Waals surface area (Å²) in [4.78, 5) is 35.7. The van der Waals surface area contributed by atoms with Crippen LogP contribution < -0.4 is 5.32 Å². The Labute approximate surface area is 139 Å². The van der Waals surface area contributed by atoms with Crippen LogP contribution in [0.5, 0.6) is 0 Å². The molecular formula is C17H17NO4S. The van der Waals surface area contributed by atoms with Crippen LogP contribution in [0.3, 0.4) is 0 Å². The number of fused-ring (bicyclic) bond motifs is 1. The minimum absolute atomic E-state index is 0.199. The Kier molecular flexibility index (Phi) is 5.39. The predicted molar refractivity (Wildman–Crippen MR) is 91.3 cm³/mol. The van der Waals surface area contributed by atoms with Crippen LogP contribution in [-0.2, 0) is 4.79 Å². The smallest absolute Gasteiger partial charge is 0.326 e. The number of thiol groups is 1. The van der Waals surface area contributed by atoms with Gasteiger partial charge in [0.25, 0.3) is 5.91 Å². The molecule has 1 atom stereocenters. The van der Waals surface area contributed by atoms with Gasteiger partial charge < -0.3 is 10.4 Å². The number of aliphatic carboxylic acids is 1. The minimum Gasteiger partial charge on any atom is -0.480 e. The quantitative estimate of drug-likeness (QED) is 0.561. The van der Waals surface area contributed by atoms with E-state index in [-0.39, 0.29) is 23.3 Å². The molecule has 0 saturated carbocycles. The van der Waals surface area contributed by atoms with Gasteiger partial charge in [-0.1, -0.05) is 30.3 Å².